The van der Waals surface area contributed by atoms with Crippen LogP contribution in [-0.2, 0) is 6.54 Å². The molecule has 0 saturated carbocycles. The Balaban J connectivity index is 1.76. The Morgan fingerprint density at radius 1 is 1.29 bits per heavy atom. The van der Waals surface area contributed by atoms with Gasteiger partial charge >= 0.3 is 0 Å². The third-order valence-corrected chi connectivity index (χ3v) is 3.55. The molecule has 21 heavy (non-hydrogen) atoms. The van der Waals surface area contributed by atoms with Crippen molar-refractivity contribution in [3.05, 3.63) is 64.0 Å². The average molecular weight is 345 g/mol. The first-order valence-corrected chi connectivity index (χ1v) is 7.27. The minimum atomic E-state index is -0.132. The molecule has 0 aliphatic rings. The summed E-state index contributed by atoms with van der Waals surface area (Å²) in [5.74, 6) is 0.567. The fourth-order valence-corrected chi connectivity index (χ4v) is 2.75. The molecule has 3 rings (SSSR count). The molecule has 0 saturated heterocycles. The number of benzene rings is 1. The largest absolute Gasteiger partial charge is 0.345 e. The van der Waals surface area contributed by atoms with Gasteiger partial charge in [0.25, 0.3) is 5.91 Å². The van der Waals surface area contributed by atoms with E-state index < -0.39 is 0 Å². The van der Waals surface area contributed by atoms with E-state index in [0.29, 0.717) is 17.9 Å². The van der Waals surface area contributed by atoms with Crippen LogP contribution >= 0.6 is 15.9 Å². The summed E-state index contributed by atoms with van der Waals surface area (Å²) in [4.78, 5) is 12.2. The summed E-state index contributed by atoms with van der Waals surface area (Å²) in [5, 5.41) is 11.0. The fraction of sp³-hybridized carbons (Fsp3) is 0.133. The number of rotatable bonds is 3. The Morgan fingerprint density at radius 2 is 2.14 bits per heavy atom. The maximum Gasteiger partial charge on any atom is 0.251 e. The van der Waals surface area contributed by atoms with Gasteiger partial charge in [-0.25, -0.2) is 0 Å². The van der Waals surface area contributed by atoms with E-state index in [2.05, 4.69) is 31.4 Å². The molecule has 5 nitrogen and oxygen atoms in total. The first kappa shape index (κ1) is 13.8. The van der Waals surface area contributed by atoms with Crippen molar-refractivity contribution in [3.63, 3.8) is 0 Å². The lowest BCUT2D eigenvalue weighted by Gasteiger charge is -2.06. The molecule has 0 spiro atoms. The van der Waals surface area contributed by atoms with Crippen LogP contribution in [0.2, 0.25) is 0 Å². The predicted octanol–water partition coefficient (Wildman–Crippen LogP) is 2.73. The van der Waals surface area contributed by atoms with E-state index in [9.17, 15) is 4.79 Å². The zero-order valence-electron chi connectivity index (χ0n) is 11.4. The number of carbonyl (C=O) groups excluding carboxylic acids is 1. The van der Waals surface area contributed by atoms with Gasteiger partial charge in [0.15, 0.2) is 11.5 Å². The molecular weight excluding hydrogens is 332 g/mol. The highest BCUT2D eigenvalue weighted by Gasteiger charge is 2.09. The molecule has 0 atom stereocenters. The number of halogens is 1. The first-order chi connectivity index (χ1) is 10.1. The van der Waals surface area contributed by atoms with Crippen LogP contribution in [0, 0.1) is 6.92 Å². The second-order valence-electron chi connectivity index (χ2n) is 4.75. The monoisotopic (exact) mass is 344 g/mol. The highest BCUT2D eigenvalue weighted by molar-refractivity contribution is 9.10. The number of aromatic nitrogens is 3. The highest BCUT2D eigenvalue weighted by atomic mass is 79.9. The molecular formula is C15H13BrN4O. The SMILES string of the molecule is Cc1cc(Br)cc(C(=O)NCc2nnc3ccccn23)c1. The van der Waals surface area contributed by atoms with E-state index in [4.69, 9.17) is 0 Å². The van der Waals surface area contributed by atoms with Gasteiger partial charge in [-0.05, 0) is 42.8 Å². The van der Waals surface area contributed by atoms with Gasteiger partial charge in [-0.3, -0.25) is 9.20 Å². The van der Waals surface area contributed by atoms with Gasteiger partial charge in [0.1, 0.15) is 0 Å². The lowest BCUT2D eigenvalue weighted by molar-refractivity contribution is 0.0949. The average Bonchev–Trinajstić information content (AvgIpc) is 2.87. The van der Waals surface area contributed by atoms with Crippen molar-refractivity contribution in [3.8, 4) is 0 Å². The topological polar surface area (TPSA) is 59.3 Å². The summed E-state index contributed by atoms with van der Waals surface area (Å²) in [7, 11) is 0. The molecule has 0 unspecified atom stereocenters. The van der Waals surface area contributed by atoms with E-state index >= 15 is 0 Å². The Hall–Kier alpha value is -2.21. The second kappa shape index (κ2) is 5.65. The number of carbonyl (C=O) groups is 1. The van der Waals surface area contributed by atoms with E-state index in [-0.39, 0.29) is 5.91 Å². The van der Waals surface area contributed by atoms with Crippen LogP contribution < -0.4 is 5.32 Å². The molecule has 2 aromatic heterocycles. The molecule has 1 amide bonds. The summed E-state index contributed by atoms with van der Waals surface area (Å²) in [6.45, 7) is 2.28. The van der Waals surface area contributed by atoms with Gasteiger partial charge in [0.2, 0.25) is 0 Å². The molecule has 106 valence electrons. The minimum Gasteiger partial charge on any atom is -0.345 e. The molecule has 2 heterocycles. The minimum absolute atomic E-state index is 0.132. The van der Waals surface area contributed by atoms with Crippen molar-refractivity contribution >= 4 is 27.5 Å². The number of pyridine rings is 1. The van der Waals surface area contributed by atoms with E-state index in [1.807, 2.05) is 47.9 Å². The fourth-order valence-electron chi connectivity index (χ4n) is 2.14. The summed E-state index contributed by atoms with van der Waals surface area (Å²) in [6, 6.07) is 11.3. The molecule has 0 radical (unpaired) electrons. The van der Waals surface area contributed by atoms with Crippen molar-refractivity contribution in [2.45, 2.75) is 13.5 Å². The van der Waals surface area contributed by atoms with Crippen LogP contribution in [0.4, 0.5) is 0 Å². The van der Waals surface area contributed by atoms with Crippen molar-refractivity contribution in [1.82, 2.24) is 19.9 Å². The van der Waals surface area contributed by atoms with Crippen molar-refractivity contribution < 1.29 is 4.79 Å². The Bertz CT molecular complexity index is 792. The molecule has 0 fully saturated rings. The normalized spacial score (nSPS) is 10.8. The molecule has 0 bridgehead atoms. The van der Waals surface area contributed by atoms with Gasteiger partial charge < -0.3 is 5.32 Å². The highest BCUT2D eigenvalue weighted by Crippen LogP contribution is 2.15. The maximum absolute atomic E-state index is 12.2. The molecule has 0 aliphatic carbocycles. The van der Waals surface area contributed by atoms with Gasteiger partial charge in [0, 0.05) is 16.2 Å². The molecule has 6 heteroatoms. The van der Waals surface area contributed by atoms with Crippen LogP contribution in [0.5, 0.6) is 0 Å². The van der Waals surface area contributed by atoms with Crippen molar-refractivity contribution in [1.29, 1.82) is 0 Å². The maximum atomic E-state index is 12.2. The van der Waals surface area contributed by atoms with Gasteiger partial charge in [0.05, 0.1) is 6.54 Å². The van der Waals surface area contributed by atoms with Gasteiger partial charge in [-0.2, -0.15) is 0 Å². The lowest BCUT2D eigenvalue weighted by atomic mass is 10.1. The zero-order chi connectivity index (χ0) is 14.8. The zero-order valence-corrected chi connectivity index (χ0v) is 13.0. The molecule has 3 aromatic rings. The van der Waals surface area contributed by atoms with E-state index in [1.54, 1.807) is 6.07 Å². The number of amides is 1. The Labute approximate surface area is 130 Å². The van der Waals surface area contributed by atoms with Crippen LogP contribution in [0.25, 0.3) is 5.65 Å². The quantitative estimate of drug-likeness (QED) is 0.794. The number of fused-ring (bicyclic) bond motifs is 1. The number of nitrogens with one attached hydrogen (secondary N) is 1. The Kier molecular flexibility index (Phi) is 3.70. The summed E-state index contributed by atoms with van der Waals surface area (Å²) in [5.41, 5.74) is 2.41. The third-order valence-electron chi connectivity index (χ3n) is 3.10. The van der Waals surface area contributed by atoms with E-state index in [0.717, 1.165) is 15.7 Å². The first-order valence-electron chi connectivity index (χ1n) is 6.47. The Morgan fingerprint density at radius 3 is 2.95 bits per heavy atom. The molecule has 1 aromatic carbocycles. The van der Waals surface area contributed by atoms with Crippen LogP contribution in [0.15, 0.2) is 47.1 Å². The van der Waals surface area contributed by atoms with Crippen molar-refractivity contribution in [2.24, 2.45) is 0 Å². The van der Waals surface area contributed by atoms with E-state index in [1.165, 1.54) is 0 Å². The lowest BCUT2D eigenvalue weighted by Crippen LogP contribution is -2.24. The van der Waals surface area contributed by atoms with Gasteiger partial charge in [-0.15, -0.1) is 10.2 Å². The van der Waals surface area contributed by atoms with Crippen LogP contribution in [-0.4, -0.2) is 20.5 Å². The molecule has 1 N–H and O–H groups in total. The predicted molar refractivity (Wildman–Crippen MR) is 83.0 cm³/mol. The van der Waals surface area contributed by atoms with Crippen LogP contribution in [0.1, 0.15) is 21.7 Å². The summed E-state index contributed by atoms with van der Waals surface area (Å²) >= 11 is 3.40. The van der Waals surface area contributed by atoms with Gasteiger partial charge in [-0.1, -0.05) is 22.0 Å². The standard InChI is InChI=1S/C15H13BrN4O/c1-10-6-11(8-12(16)7-10)15(21)17-9-14-19-18-13-4-2-3-5-20(13)14/h2-8H,9H2,1H3,(H,17,21). The van der Waals surface area contributed by atoms with Crippen LogP contribution in [0.3, 0.4) is 0 Å². The third kappa shape index (κ3) is 2.95. The number of nitrogens with zero attached hydrogens (tertiary/aromatic N) is 3. The van der Waals surface area contributed by atoms with Crippen molar-refractivity contribution in [2.75, 3.05) is 0 Å². The summed E-state index contributed by atoms with van der Waals surface area (Å²) in [6.07, 6.45) is 1.88. The summed E-state index contributed by atoms with van der Waals surface area (Å²) < 4.78 is 2.74. The second-order valence-corrected chi connectivity index (χ2v) is 5.66. The number of aryl methyl sites for hydroxylation is 1. The smallest absolute Gasteiger partial charge is 0.251 e. The molecule has 0 aliphatic heterocycles. The number of hydrogen-bond donors (Lipinski definition) is 1. The number of hydrogen-bond acceptors (Lipinski definition) is 3.